The van der Waals surface area contributed by atoms with Crippen LogP contribution in [0.5, 0.6) is 0 Å². The maximum Gasteiger partial charge on any atom is 0.324 e. The van der Waals surface area contributed by atoms with E-state index in [1.165, 1.54) is 16.3 Å². The van der Waals surface area contributed by atoms with Gasteiger partial charge in [-0.2, -0.15) is 0 Å². The molecule has 2 amide bonds. The summed E-state index contributed by atoms with van der Waals surface area (Å²) in [6, 6.07) is 8.92. The van der Waals surface area contributed by atoms with Gasteiger partial charge in [0.2, 0.25) is 5.91 Å². The van der Waals surface area contributed by atoms with E-state index in [1.54, 1.807) is 13.3 Å². The smallest absolute Gasteiger partial charge is 0.324 e. The minimum absolute atomic E-state index is 0.180. The molecule has 0 saturated carbocycles. The molecule has 0 radical (unpaired) electrons. The van der Waals surface area contributed by atoms with Gasteiger partial charge in [0, 0.05) is 72.2 Å². The fourth-order valence-electron chi connectivity index (χ4n) is 7.61. The number of hydrazine groups is 1. The Labute approximate surface area is 308 Å². The topological polar surface area (TPSA) is 137 Å². The fourth-order valence-corrected chi connectivity index (χ4v) is 8.46. The number of benzene rings is 1. The molecule has 1 aromatic carbocycles. The summed E-state index contributed by atoms with van der Waals surface area (Å²) < 4.78 is 19.8. The molecule has 52 heavy (non-hydrogen) atoms. The summed E-state index contributed by atoms with van der Waals surface area (Å²) in [5, 5.41) is 8.24. The number of esters is 1. The lowest BCUT2D eigenvalue weighted by molar-refractivity contribution is -0.155. The molecule has 4 atom stereocenters. The quantitative estimate of drug-likeness (QED) is 0.251. The summed E-state index contributed by atoms with van der Waals surface area (Å²) in [5.74, 6) is -1.03. The number of aromatic nitrogens is 3. The van der Waals surface area contributed by atoms with Crippen LogP contribution in [0.2, 0.25) is 0 Å². The Balaban J connectivity index is 1.35. The molecule has 7 rings (SSSR count). The second-order valence-electron chi connectivity index (χ2n) is 14.8. The van der Waals surface area contributed by atoms with Crippen molar-refractivity contribution in [1.82, 2.24) is 30.3 Å². The number of fused-ring (bicyclic) bond motifs is 6. The zero-order valence-electron chi connectivity index (χ0n) is 30.6. The first kappa shape index (κ1) is 36.2. The number of carbonyl (C=O) groups excluding carboxylic acids is 3. The molecule has 2 saturated heterocycles. The number of aryl methyl sites for hydroxylation is 1. The van der Waals surface area contributed by atoms with Crippen molar-refractivity contribution in [3.8, 4) is 22.5 Å². The number of hydrogen-bond acceptors (Lipinski definition) is 10. The molecule has 2 fully saturated rings. The molecule has 13 heteroatoms. The summed E-state index contributed by atoms with van der Waals surface area (Å²) in [7, 11) is 1.70. The molecule has 4 aromatic rings. The van der Waals surface area contributed by atoms with Crippen molar-refractivity contribution in [2.75, 3.05) is 26.9 Å². The van der Waals surface area contributed by atoms with Gasteiger partial charge in [-0.3, -0.25) is 24.4 Å². The Kier molecular flexibility index (Phi) is 10.5. The summed E-state index contributed by atoms with van der Waals surface area (Å²) in [4.78, 5) is 50.7. The van der Waals surface area contributed by atoms with Gasteiger partial charge in [-0.05, 0) is 75.8 Å². The molecule has 12 nitrogen and oxygen atoms in total. The van der Waals surface area contributed by atoms with Gasteiger partial charge in [-0.15, -0.1) is 11.3 Å². The number of carbonyl (C=O) groups is 3. The van der Waals surface area contributed by atoms with Gasteiger partial charge in [0.25, 0.3) is 5.91 Å². The fraction of sp³-hybridized carbons (Fsp3) is 0.513. The number of amides is 2. The number of nitrogens with one attached hydrogen (secondary N) is 2. The predicted octanol–water partition coefficient (Wildman–Crippen LogP) is 5.38. The second kappa shape index (κ2) is 15.1. The maximum atomic E-state index is 14.1. The van der Waals surface area contributed by atoms with Crippen LogP contribution in [-0.2, 0) is 48.0 Å². The Morgan fingerprint density at radius 2 is 2.06 bits per heavy atom. The minimum Gasteiger partial charge on any atom is -0.464 e. The number of thiazole rings is 1. The first-order valence-electron chi connectivity index (χ1n) is 18.3. The van der Waals surface area contributed by atoms with E-state index in [9.17, 15) is 14.4 Å². The standard InChI is InChI=1S/C39H48N6O6S/c1-6-44-31-14-13-24-18-26(31)27(35(44)25-10-7-15-40-34(25)23(2)49-5)20-39(3,4)22-51-38(48)28-11-8-16-45(43-28)37(47)29(19-33-41-30(24)21-52-33)42-36(46)32-12-9-17-50-32/h7,10,13-15,18,21,23,28-29,32,43H,6,8-9,11-12,16-17,19-20,22H2,1-5H3,(H,42,46)/t23-,28-,29-,32+/m0/s1. The number of cyclic esters (lactones) is 1. The number of pyridine rings is 1. The number of methoxy groups -OCH3 is 1. The summed E-state index contributed by atoms with van der Waals surface area (Å²) in [5.41, 5.74) is 9.58. The highest BCUT2D eigenvalue weighted by Crippen LogP contribution is 2.42. The molecular formula is C39H48N6O6S. The average Bonchev–Trinajstić information content (AvgIpc) is 3.93. The van der Waals surface area contributed by atoms with Crippen LogP contribution in [-0.4, -0.2) is 82.4 Å². The molecule has 6 bridgehead atoms. The van der Waals surface area contributed by atoms with Crippen LogP contribution >= 0.6 is 11.3 Å². The maximum absolute atomic E-state index is 14.1. The summed E-state index contributed by atoms with van der Waals surface area (Å²) in [6.07, 6.45) is 4.37. The lowest BCUT2D eigenvalue weighted by Crippen LogP contribution is -2.61. The predicted molar refractivity (Wildman–Crippen MR) is 198 cm³/mol. The van der Waals surface area contributed by atoms with E-state index >= 15 is 0 Å². The Bertz CT molecular complexity index is 1970. The molecule has 0 aliphatic carbocycles. The molecular weight excluding hydrogens is 681 g/mol. The third kappa shape index (κ3) is 7.23. The summed E-state index contributed by atoms with van der Waals surface area (Å²) in [6.45, 7) is 10.2. The molecule has 3 aliphatic heterocycles. The van der Waals surface area contributed by atoms with Crippen molar-refractivity contribution in [2.45, 2.75) is 97.1 Å². The monoisotopic (exact) mass is 728 g/mol. The van der Waals surface area contributed by atoms with Crippen LogP contribution in [0.4, 0.5) is 0 Å². The van der Waals surface area contributed by atoms with Gasteiger partial charge < -0.3 is 24.1 Å². The van der Waals surface area contributed by atoms with Gasteiger partial charge in [0.1, 0.15) is 18.2 Å². The molecule has 3 aromatic heterocycles. The molecule has 3 aliphatic rings. The molecule has 0 spiro atoms. The van der Waals surface area contributed by atoms with Crippen LogP contribution in [0.1, 0.15) is 75.7 Å². The van der Waals surface area contributed by atoms with E-state index in [2.05, 4.69) is 60.3 Å². The van der Waals surface area contributed by atoms with Crippen molar-refractivity contribution >= 4 is 40.0 Å². The van der Waals surface area contributed by atoms with E-state index in [0.29, 0.717) is 38.8 Å². The van der Waals surface area contributed by atoms with Gasteiger partial charge in [0.15, 0.2) is 0 Å². The molecule has 6 heterocycles. The van der Waals surface area contributed by atoms with Crippen molar-refractivity contribution in [3.63, 3.8) is 0 Å². The Morgan fingerprint density at radius 1 is 1.21 bits per heavy atom. The normalized spacial score (nSPS) is 22.9. The molecule has 2 N–H and O–H groups in total. The summed E-state index contributed by atoms with van der Waals surface area (Å²) >= 11 is 1.46. The minimum atomic E-state index is -0.894. The number of nitrogens with zero attached hydrogens (tertiary/aromatic N) is 4. The average molecular weight is 729 g/mol. The van der Waals surface area contributed by atoms with Gasteiger partial charge in [0.05, 0.1) is 34.8 Å². The Morgan fingerprint density at radius 3 is 2.83 bits per heavy atom. The van der Waals surface area contributed by atoms with E-state index in [0.717, 1.165) is 62.6 Å². The van der Waals surface area contributed by atoms with E-state index in [1.807, 2.05) is 18.4 Å². The number of hydrogen-bond donors (Lipinski definition) is 2. The molecule has 0 unspecified atom stereocenters. The van der Waals surface area contributed by atoms with Gasteiger partial charge >= 0.3 is 5.97 Å². The van der Waals surface area contributed by atoms with E-state index < -0.39 is 29.6 Å². The van der Waals surface area contributed by atoms with Crippen LogP contribution in [0, 0.1) is 5.41 Å². The van der Waals surface area contributed by atoms with Crippen molar-refractivity contribution < 1.29 is 28.6 Å². The van der Waals surface area contributed by atoms with Crippen LogP contribution in [0.25, 0.3) is 33.4 Å². The van der Waals surface area contributed by atoms with Crippen molar-refractivity contribution in [2.24, 2.45) is 5.41 Å². The number of ether oxygens (including phenoxy) is 3. The lowest BCUT2D eigenvalue weighted by Gasteiger charge is -2.35. The Hall–Kier alpha value is -4.17. The third-order valence-electron chi connectivity index (χ3n) is 10.4. The number of rotatable bonds is 6. The largest absolute Gasteiger partial charge is 0.464 e. The lowest BCUT2D eigenvalue weighted by atomic mass is 9.84. The highest BCUT2D eigenvalue weighted by atomic mass is 32.1. The van der Waals surface area contributed by atoms with Crippen molar-refractivity contribution in [3.05, 3.63) is 58.2 Å². The van der Waals surface area contributed by atoms with E-state index in [-0.39, 0.29) is 30.9 Å². The zero-order valence-corrected chi connectivity index (χ0v) is 31.4. The third-order valence-corrected chi connectivity index (χ3v) is 11.2. The van der Waals surface area contributed by atoms with Gasteiger partial charge in [-0.1, -0.05) is 19.9 Å². The van der Waals surface area contributed by atoms with Crippen LogP contribution in [0.3, 0.4) is 0 Å². The first-order valence-corrected chi connectivity index (χ1v) is 19.2. The highest BCUT2D eigenvalue weighted by molar-refractivity contribution is 7.10. The van der Waals surface area contributed by atoms with Crippen LogP contribution < -0.4 is 10.7 Å². The second-order valence-corrected chi connectivity index (χ2v) is 15.7. The molecule has 276 valence electrons. The SMILES string of the molecule is CCn1c(-c2cccnc2[C@H](C)OC)c2c3cc(ccc31)-c1csc(n1)C[C@H](NC(=O)[C@H]1CCCO1)C(=O)N1CCC[C@H](N1)C(=O)OCC(C)(C)C2. The highest BCUT2D eigenvalue weighted by Gasteiger charge is 2.37. The first-order chi connectivity index (χ1) is 25.1. The van der Waals surface area contributed by atoms with Crippen LogP contribution in [0.15, 0.2) is 41.9 Å². The zero-order chi connectivity index (χ0) is 36.6. The van der Waals surface area contributed by atoms with Gasteiger partial charge in [-0.25, -0.2) is 10.4 Å². The van der Waals surface area contributed by atoms with E-state index in [4.69, 9.17) is 24.2 Å². The van der Waals surface area contributed by atoms with Crippen molar-refractivity contribution in [1.29, 1.82) is 0 Å².